The van der Waals surface area contributed by atoms with E-state index >= 15 is 0 Å². The lowest BCUT2D eigenvalue weighted by molar-refractivity contribution is -0.133. The highest BCUT2D eigenvalue weighted by Crippen LogP contribution is 2.27. The van der Waals surface area contributed by atoms with Crippen LogP contribution in [0, 0.1) is 13.8 Å². The number of ether oxygens (including phenoxy) is 1. The number of hydrogen-bond acceptors (Lipinski definition) is 6. The van der Waals surface area contributed by atoms with Gasteiger partial charge in [0.05, 0.1) is 5.69 Å². The Morgan fingerprint density at radius 1 is 1.48 bits per heavy atom. The number of rotatable bonds is 5. The number of amides is 1. The van der Waals surface area contributed by atoms with Gasteiger partial charge in [-0.15, -0.1) is 10.2 Å². The van der Waals surface area contributed by atoms with E-state index in [1.165, 1.54) is 11.3 Å². The summed E-state index contributed by atoms with van der Waals surface area (Å²) in [5.74, 6) is -0.142. The van der Waals surface area contributed by atoms with Crippen molar-refractivity contribution in [3.63, 3.8) is 0 Å². The van der Waals surface area contributed by atoms with E-state index in [4.69, 9.17) is 4.74 Å². The van der Waals surface area contributed by atoms with Gasteiger partial charge in [0.15, 0.2) is 0 Å². The second-order valence-corrected chi connectivity index (χ2v) is 7.10. The van der Waals surface area contributed by atoms with Crippen LogP contribution >= 0.6 is 11.3 Å². The van der Waals surface area contributed by atoms with E-state index in [1.54, 1.807) is 0 Å². The Kier molecular flexibility index (Phi) is 4.45. The number of nitrogens with one attached hydrogen (secondary N) is 1. The summed E-state index contributed by atoms with van der Waals surface area (Å²) in [6.45, 7) is 7.22. The summed E-state index contributed by atoms with van der Waals surface area (Å²) < 4.78 is 7.50. The SMILES string of the molecule is Cc1cc(C)n(CCc2nnc(NC(=O)C3(C)CCCO3)s2)n1. The molecule has 0 radical (unpaired) electrons. The Balaban J connectivity index is 1.57. The van der Waals surface area contributed by atoms with Gasteiger partial charge >= 0.3 is 0 Å². The standard InChI is InChI=1S/C15H21N5O2S/c1-10-9-11(2)20(19-10)7-5-12-17-18-14(23-12)16-13(21)15(3)6-4-8-22-15/h9H,4-8H2,1-3H3,(H,16,18,21). The number of hydrogen-bond donors (Lipinski definition) is 1. The first-order valence-electron chi connectivity index (χ1n) is 7.75. The summed E-state index contributed by atoms with van der Waals surface area (Å²) in [5.41, 5.74) is 1.40. The van der Waals surface area contributed by atoms with Crippen LogP contribution in [0.3, 0.4) is 0 Å². The van der Waals surface area contributed by atoms with Gasteiger partial charge < -0.3 is 4.74 Å². The lowest BCUT2D eigenvalue weighted by Crippen LogP contribution is -2.39. The summed E-state index contributed by atoms with van der Waals surface area (Å²) in [4.78, 5) is 12.3. The maximum Gasteiger partial charge on any atom is 0.258 e. The van der Waals surface area contributed by atoms with Gasteiger partial charge in [-0.25, -0.2) is 0 Å². The quantitative estimate of drug-likeness (QED) is 0.905. The Morgan fingerprint density at radius 3 is 2.96 bits per heavy atom. The van der Waals surface area contributed by atoms with Gasteiger partial charge in [-0.05, 0) is 39.7 Å². The summed E-state index contributed by atoms with van der Waals surface area (Å²) in [7, 11) is 0. The molecule has 3 rings (SSSR count). The van der Waals surface area contributed by atoms with E-state index in [2.05, 4.69) is 20.6 Å². The average Bonchev–Trinajstić information content (AvgIpc) is 3.19. The van der Waals surface area contributed by atoms with Crippen molar-refractivity contribution in [2.45, 2.75) is 52.2 Å². The van der Waals surface area contributed by atoms with Crippen LogP contribution in [-0.4, -0.2) is 38.1 Å². The number of carbonyl (C=O) groups is 1. The molecule has 23 heavy (non-hydrogen) atoms. The minimum Gasteiger partial charge on any atom is -0.365 e. The third-order valence-electron chi connectivity index (χ3n) is 4.03. The van der Waals surface area contributed by atoms with E-state index in [9.17, 15) is 4.79 Å². The van der Waals surface area contributed by atoms with Crippen LogP contribution in [0.4, 0.5) is 5.13 Å². The van der Waals surface area contributed by atoms with Gasteiger partial charge in [0.25, 0.3) is 5.91 Å². The van der Waals surface area contributed by atoms with Crippen molar-refractivity contribution in [2.75, 3.05) is 11.9 Å². The van der Waals surface area contributed by atoms with Gasteiger partial charge in [-0.3, -0.25) is 14.8 Å². The first kappa shape index (κ1) is 16.1. The van der Waals surface area contributed by atoms with Crippen molar-refractivity contribution in [1.82, 2.24) is 20.0 Å². The largest absolute Gasteiger partial charge is 0.365 e. The van der Waals surface area contributed by atoms with E-state index < -0.39 is 5.60 Å². The van der Waals surface area contributed by atoms with Crippen molar-refractivity contribution in [3.8, 4) is 0 Å². The minimum atomic E-state index is -0.741. The Bertz CT molecular complexity index is 703. The zero-order chi connectivity index (χ0) is 16.4. The normalized spacial score (nSPS) is 20.8. The fourth-order valence-corrected chi connectivity index (χ4v) is 3.42. The van der Waals surface area contributed by atoms with Crippen LogP contribution in [0.5, 0.6) is 0 Å². The summed E-state index contributed by atoms with van der Waals surface area (Å²) in [6, 6.07) is 2.05. The van der Waals surface area contributed by atoms with Crippen LogP contribution in [0.25, 0.3) is 0 Å². The maximum atomic E-state index is 12.3. The zero-order valence-corrected chi connectivity index (χ0v) is 14.4. The van der Waals surface area contributed by atoms with Gasteiger partial charge in [0.2, 0.25) is 5.13 Å². The second-order valence-electron chi connectivity index (χ2n) is 6.04. The van der Waals surface area contributed by atoms with Gasteiger partial charge in [0.1, 0.15) is 10.6 Å². The molecule has 1 fully saturated rings. The Labute approximate surface area is 139 Å². The third-order valence-corrected chi connectivity index (χ3v) is 4.93. The molecule has 1 amide bonds. The van der Waals surface area contributed by atoms with Crippen molar-refractivity contribution < 1.29 is 9.53 Å². The number of carbonyl (C=O) groups excluding carboxylic acids is 1. The summed E-state index contributed by atoms with van der Waals surface area (Å²) in [5, 5.41) is 16.8. The molecule has 8 heteroatoms. The molecular formula is C15H21N5O2S. The van der Waals surface area contributed by atoms with E-state index in [-0.39, 0.29) is 5.91 Å². The van der Waals surface area contributed by atoms with E-state index in [1.807, 2.05) is 31.5 Å². The first-order chi connectivity index (χ1) is 11.0. The monoisotopic (exact) mass is 335 g/mol. The molecule has 1 unspecified atom stereocenters. The summed E-state index contributed by atoms with van der Waals surface area (Å²) in [6.07, 6.45) is 2.39. The minimum absolute atomic E-state index is 0.142. The van der Waals surface area contributed by atoms with Crippen LogP contribution in [0.2, 0.25) is 0 Å². The smallest absolute Gasteiger partial charge is 0.258 e. The van der Waals surface area contributed by atoms with Crippen LogP contribution in [-0.2, 0) is 22.5 Å². The predicted octanol–water partition coefficient (Wildman–Crippen LogP) is 2.10. The molecule has 3 heterocycles. The number of aryl methyl sites for hydroxylation is 4. The molecule has 124 valence electrons. The molecule has 1 aliphatic heterocycles. The topological polar surface area (TPSA) is 81.9 Å². The second kappa shape index (κ2) is 6.37. The number of anilines is 1. The van der Waals surface area contributed by atoms with Crippen LogP contribution in [0.1, 0.15) is 36.2 Å². The molecule has 1 aliphatic rings. The molecule has 1 atom stereocenters. The predicted molar refractivity (Wildman–Crippen MR) is 87.5 cm³/mol. The average molecular weight is 335 g/mol. The Morgan fingerprint density at radius 2 is 2.30 bits per heavy atom. The van der Waals surface area contributed by atoms with E-state index in [0.717, 1.165) is 42.2 Å². The molecule has 0 saturated carbocycles. The molecule has 2 aromatic heterocycles. The molecule has 7 nitrogen and oxygen atoms in total. The van der Waals surface area contributed by atoms with E-state index in [0.29, 0.717) is 11.7 Å². The highest BCUT2D eigenvalue weighted by molar-refractivity contribution is 7.15. The fraction of sp³-hybridized carbons (Fsp3) is 0.600. The maximum absolute atomic E-state index is 12.3. The van der Waals surface area contributed by atoms with Crippen molar-refractivity contribution in [3.05, 3.63) is 22.5 Å². The number of aromatic nitrogens is 4. The van der Waals surface area contributed by atoms with Gasteiger partial charge in [0, 0.05) is 25.3 Å². The highest BCUT2D eigenvalue weighted by Gasteiger charge is 2.38. The van der Waals surface area contributed by atoms with Crippen molar-refractivity contribution >= 4 is 22.4 Å². The van der Waals surface area contributed by atoms with Crippen LogP contribution in [0.15, 0.2) is 6.07 Å². The lowest BCUT2D eigenvalue weighted by Gasteiger charge is -2.20. The third kappa shape index (κ3) is 3.59. The zero-order valence-electron chi connectivity index (χ0n) is 13.6. The fourth-order valence-electron chi connectivity index (χ4n) is 2.70. The first-order valence-corrected chi connectivity index (χ1v) is 8.57. The molecule has 0 spiro atoms. The number of nitrogens with zero attached hydrogens (tertiary/aromatic N) is 4. The van der Waals surface area contributed by atoms with Gasteiger partial charge in [-0.2, -0.15) is 5.10 Å². The molecule has 0 bridgehead atoms. The highest BCUT2D eigenvalue weighted by atomic mass is 32.1. The van der Waals surface area contributed by atoms with Crippen molar-refractivity contribution in [2.24, 2.45) is 0 Å². The molecule has 1 saturated heterocycles. The summed E-state index contributed by atoms with van der Waals surface area (Å²) >= 11 is 1.40. The molecule has 0 aliphatic carbocycles. The van der Waals surface area contributed by atoms with Gasteiger partial charge in [-0.1, -0.05) is 11.3 Å². The molecule has 0 aromatic carbocycles. The Hall–Kier alpha value is -1.80. The van der Waals surface area contributed by atoms with Crippen LogP contribution < -0.4 is 5.32 Å². The van der Waals surface area contributed by atoms with Crippen molar-refractivity contribution in [1.29, 1.82) is 0 Å². The molecule has 1 N–H and O–H groups in total. The lowest BCUT2D eigenvalue weighted by atomic mass is 10.0. The molecule has 2 aromatic rings. The molecular weight excluding hydrogens is 314 g/mol.